The van der Waals surface area contributed by atoms with Gasteiger partial charge in [0.2, 0.25) is 0 Å². The molecule has 0 aliphatic carbocycles. The first kappa shape index (κ1) is 94.1. The fourth-order valence-electron chi connectivity index (χ4n) is 11.7. The van der Waals surface area contributed by atoms with Gasteiger partial charge < -0.3 is 33.8 Å². The summed E-state index contributed by atoms with van der Waals surface area (Å²) in [5, 5.41) is 10.6. The number of phosphoric acid groups is 2. The van der Waals surface area contributed by atoms with Crippen molar-refractivity contribution >= 4 is 39.5 Å². The Kier molecular flexibility index (Phi) is 66.2. The largest absolute Gasteiger partial charge is 0.472 e. The molecule has 0 saturated heterocycles. The number of carbonyl (C=O) groups is 4. The number of aliphatic hydroxyl groups excluding tert-OH is 1. The van der Waals surface area contributed by atoms with Crippen LogP contribution >= 0.6 is 15.6 Å². The molecule has 3 unspecified atom stereocenters. The lowest BCUT2D eigenvalue weighted by Gasteiger charge is -2.21. The smallest absolute Gasteiger partial charge is 0.462 e. The molecule has 0 fully saturated rings. The summed E-state index contributed by atoms with van der Waals surface area (Å²) >= 11 is 0. The zero-order valence-electron chi connectivity index (χ0n) is 62.8. The molecule has 0 radical (unpaired) electrons. The Morgan fingerprint density at radius 2 is 0.531 bits per heavy atom. The van der Waals surface area contributed by atoms with Crippen molar-refractivity contribution in [3.05, 3.63) is 0 Å². The van der Waals surface area contributed by atoms with Crippen LogP contribution in [0.1, 0.15) is 395 Å². The van der Waals surface area contributed by atoms with Crippen molar-refractivity contribution in [3.8, 4) is 0 Å². The van der Waals surface area contributed by atoms with Gasteiger partial charge in [-0.3, -0.25) is 37.3 Å². The van der Waals surface area contributed by atoms with Gasteiger partial charge in [0.05, 0.1) is 26.4 Å². The molecule has 0 aromatic rings. The summed E-state index contributed by atoms with van der Waals surface area (Å²) in [4.78, 5) is 72.7. The Morgan fingerprint density at radius 3 is 0.792 bits per heavy atom. The van der Waals surface area contributed by atoms with Crippen molar-refractivity contribution < 1.29 is 80.2 Å². The molecule has 3 N–H and O–H groups in total. The molecule has 0 rings (SSSR count). The lowest BCUT2D eigenvalue weighted by molar-refractivity contribution is -0.161. The zero-order valence-corrected chi connectivity index (χ0v) is 64.6. The van der Waals surface area contributed by atoms with Gasteiger partial charge in [0.15, 0.2) is 12.2 Å². The molecule has 570 valence electrons. The van der Waals surface area contributed by atoms with Crippen LogP contribution in [0.25, 0.3) is 0 Å². The van der Waals surface area contributed by atoms with Crippen molar-refractivity contribution in [2.75, 3.05) is 39.6 Å². The summed E-state index contributed by atoms with van der Waals surface area (Å²) in [6.45, 7) is 11.9. The predicted octanol–water partition coefficient (Wildman–Crippen LogP) is 22.6. The normalized spacial score (nSPS) is 14.3. The van der Waals surface area contributed by atoms with E-state index in [9.17, 15) is 43.2 Å². The number of aliphatic hydroxyl groups is 1. The maximum Gasteiger partial charge on any atom is 0.472 e. The highest BCUT2D eigenvalue weighted by atomic mass is 31.2. The van der Waals surface area contributed by atoms with Gasteiger partial charge in [-0.05, 0) is 43.4 Å². The van der Waals surface area contributed by atoms with Crippen molar-refractivity contribution in [1.82, 2.24) is 0 Å². The molecular formula is C77H150O17P2. The van der Waals surface area contributed by atoms with E-state index in [0.717, 1.165) is 102 Å². The summed E-state index contributed by atoms with van der Waals surface area (Å²) in [6, 6.07) is 0. The SMILES string of the molecule is CCCCCCCCCCCC(=O)OC[C@H](COP(=O)(O)OC[C@H](O)COP(=O)(O)OC[C@@H](COC(=O)CCCCCCCCCCCCCCCCC(C)CC)OC(=O)CCCCCCCCCCCCCCCCCCC(C)C)OC(=O)CCCCCCCCCC(C)C. The molecule has 0 saturated carbocycles. The minimum Gasteiger partial charge on any atom is -0.462 e. The Labute approximate surface area is 588 Å². The van der Waals surface area contributed by atoms with E-state index in [1.165, 1.54) is 205 Å². The summed E-state index contributed by atoms with van der Waals surface area (Å²) in [5.41, 5.74) is 0. The standard InChI is InChI=1S/C77H150O17P2/c1-8-10-11-12-13-28-37-44-51-58-74(79)87-65-73(94-77(82)61-54-47-40-33-35-42-49-56-69(5)6)67-92-96(85,86)90-63-71(78)62-89-95(83,84)91-66-72(64-88-75(80)59-52-45-38-31-26-22-19-18-21-25-30-36-43-50-57-70(7)9-2)93-76(81)60-53-46-39-32-27-23-17-15-14-16-20-24-29-34-41-48-55-68(3)4/h68-73,78H,8-67H2,1-7H3,(H,83,84)(H,85,86)/t70?,71-,72-,73-/m1/s1. The average Bonchev–Trinajstić information content (AvgIpc) is 1.09. The van der Waals surface area contributed by atoms with Crippen LogP contribution in [-0.4, -0.2) is 96.7 Å². The van der Waals surface area contributed by atoms with Gasteiger partial charge in [0.25, 0.3) is 0 Å². The second-order valence-corrected chi connectivity index (χ2v) is 31.8. The maximum absolute atomic E-state index is 13.1. The van der Waals surface area contributed by atoms with Gasteiger partial charge in [-0.25, -0.2) is 9.13 Å². The molecule has 0 spiro atoms. The van der Waals surface area contributed by atoms with E-state index >= 15 is 0 Å². The maximum atomic E-state index is 13.1. The van der Waals surface area contributed by atoms with Crippen molar-refractivity contribution in [2.45, 2.75) is 414 Å². The van der Waals surface area contributed by atoms with Gasteiger partial charge in [-0.1, -0.05) is 344 Å². The molecule has 19 heteroatoms. The Balaban J connectivity index is 5.20. The zero-order chi connectivity index (χ0) is 70.9. The van der Waals surface area contributed by atoms with Crippen LogP contribution < -0.4 is 0 Å². The van der Waals surface area contributed by atoms with Crippen LogP contribution in [0.15, 0.2) is 0 Å². The fourth-order valence-corrected chi connectivity index (χ4v) is 13.3. The number of ether oxygens (including phenoxy) is 4. The van der Waals surface area contributed by atoms with Gasteiger partial charge in [0, 0.05) is 25.7 Å². The molecule has 0 aromatic carbocycles. The Hall–Kier alpha value is -1.94. The molecule has 6 atom stereocenters. The number of rotatable bonds is 75. The Morgan fingerprint density at radius 1 is 0.302 bits per heavy atom. The van der Waals surface area contributed by atoms with Crippen molar-refractivity contribution in [3.63, 3.8) is 0 Å². The highest BCUT2D eigenvalue weighted by Gasteiger charge is 2.30. The number of hydrogen-bond acceptors (Lipinski definition) is 15. The highest BCUT2D eigenvalue weighted by molar-refractivity contribution is 7.47. The van der Waals surface area contributed by atoms with Gasteiger partial charge >= 0.3 is 39.5 Å². The minimum atomic E-state index is -4.96. The second kappa shape index (κ2) is 67.5. The summed E-state index contributed by atoms with van der Waals surface area (Å²) in [7, 11) is -9.91. The quantitative estimate of drug-likeness (QED) is 0.0222. The lowest BCUT2D eigenvalue weighted by Crippen LogP contribution is -2.30. The van der Waals surface area contributed by atoms with E-state index in [1.807, 2.05) is 0 Å². The molecule has 0 bridgehead atoms. The second-order valence-electron chi connectivity index (χ2n) is 28.9. The van der Waals surface area contributed by atoms with E-state index in [1.54, 1.807) is 0 Å². The minimum absolute atomic E-state index is 0.103. The highest BCUT2D eigenvalue weighted by Crippen LogP contribution is 2.45. The summed E-state index contributed by atoms with van der Waals surface area (Å²) < 4.78 is 68.5. The predicted molar refractivity (Wildman–Crippen MR) is 391 cm³/mol. The monoisotopic (exact) mass is 1410 g/mol. The molecule has 96 heavy (non-hydrogen) atoms. The van der Waals surface area contributed by atoms with Crippen molar-refractivity contribution in [2.24, 2.45) is 17.8 Å². The summed E-state index contributed by atoms with van der Waals surface area (Å²) in [5.74, 6) is 0.235. The van der Waals surface area contributed by atoms with Gasteiger partial charge in [0.1, 0.15) is 19.3 Å². The van der Waals surface area contributed by atoms with E-state index in [4.69, 9.17) is 37.0 Å². The third-order valence-corrected chi connectivity index (χ3v) is 20.1. The van der Waals surface area contributed by atoms with Crippen LogP contribution in [0.3, 0.4) is 0 Å². The lowest BCUT2D eigenvalue weighted by atomic mass is 9.99. The average molecular weight is 1410 g/mol. The van der Waals surface area contributed by atoms with Gasteiger partial charge in [-0.15, -0.1) is 0 Å². The van der Waals surface area contributed by atoms with Crippen LogP contribution in [0.4, 0.5) is 0 Å². The molecule has 0 heterocycles. The third kappa shape index (κ3) is 69.2. The molecule has 0 amide bonds. The number of unbranched alkanes of at least 4 members (excludes halogenated alkanes) is 42. The van der Waals surface area contributed by atoms with E-state index in [2.05, 4.69) is 48.5 Å². The summed E-state index contributed by atoms with van der Waals surface area (Å²) in [6.07, 6.45) is 54.2. The van der Waals surface area contributed by atoms with E-state index < -0.39 is 97.5 Å². The molecule has 0 aliphatic heterocycles. The number of carbonyl (C=O) groups excluding carboxylic acids is 4. The van der Waals surface area contributed by atoms with E-state index in [-0.39, 0.29) is 25.7 Å². The van der Waals surface area contributed by atoms with Crippen LogP contribution in [0, 0.1) is 17.8 Å². The van der Waals surface area contributed by atoms with Crippen LogP contribution in [0.2, 0.25) is 0 Å². The first-order valence-corrected chi connectivity index (χ1v) is 42.9. The van der Waals surface area contributed by atoms with Crippen LogP contribution in [0.5, 0.6) is 0 Å². The molecule has 0 aromatic heterocycles. The molecular weight excluding hydrogens is 1260 g/mol. The number of phosphoric ester groups is 2. The Bertz CT molecular complexity index is 1870. The van der Waals surface area contributed by atoms with E-state index in [0.29, 0.717) is 31.6 Å². The first-order chi connectivity index (χ1) is 46.3. The van der Waals surface area contributed by atoms with Crippen LogP contribution in [-0.2, 0) is 65.4 Å². The topological polar surface area (TPSA) is 237 Å². The number of hydrogen-bond donors (Lipinski definition) is 3. The third-order valence-electron chi connectivity index (χ3n) is 18.2. The fraction of sp³-hybridized carbons (Fsp3) is 0.948. The number of esters is 4. The van der Waals surface area contributed by atoms with Crippen molar-refractivity contribution in [1.29, 1.82) is 0 Å². The first-order valence-electron chi connectivity index (χ1n) is 39.9. The van der Waals surface area contributed by atoms with Gasteiger partial charge in [-0.2, -0.15) is 0 Å². The molecule has 17 nitrogen and oxygen atoms in total. The molecule has 0 aliphatic rings.